The normalized spacial score (nSPS) is 11.0. The average molecular weight is 222 g/mol. The van der Waals surface area contributed by atoms with Crippen molar-refractivity contribution in [1.29, 1.82) is 0 Å². The van der Waals surface area contributed by atoms with E-state index >= 15 is 0 Å². The fourth-order valence-electron chi connectivity index (χ4n) is 1.72. The van der Waals surface area contributed by atoms with E-state index in [-0.39, 0.29) is 12.8 Å². The van der Waals surface area contributed by atoms with Gasteiger partial charge in [-0.05, 0) is 35.4 Å². The summed E-state index contributed by atoms with van der Waals surface area (Å²) in [6.45, 7) is 8.59. The third-order valence-electron chi connectivity index (χ3n) is 2.69. The van der Waals surface area contributed by atoms with Crippen molar-refractivity contribution >= 4 is 0 Å². The Balaban J connectivity index is 0.00000225. The number of benzene rings is 1. The maximum Gasteiger partial charge on any atom is 0.119 e. The van der Waals surface area contributed by atoms with Gasteiger partial charge in [-0.2, -0.15) is 0 Å². The van der Waals surface area contributed by atoms with Crippen LogP contribution < -0.4 is 0 Å². The summed E-state index contributed by atoms with van der Waals surface area (Å²) in [6, 6.07) is 6.00. The zero-order chi connectivity index (χ0) is 11.5. The first-order valence-corrected chi connectivity index (χ1v) is 5.77. The number of hydrogen-bond donors (Lipinski definition) is 1. The molecule has 1 aromatic rings. The first-order chi connectivity index (χ1) is 6.95. The van der Waals surface area contributed by atoms with E-state index in [0.717, 1.165) is 12.0 Å². The molecule has 1 aromatic carbocycles. The molecule has 0 unspecified atom stereocenters. The van der Waals surface area contributed by atoms with Crippen LogP contribution in [0.25, 0.3) is 0 Å². The Bertz CT molecular complexity index is 321. The van der Waals surface area contributed by atoms with Crippen molar-refractivity contribution in [3.05, 3.63) is 29.3 Å². The molecule has 0 heterocycles. The molecule has 0 aliphatic rings. The maximum absolute atomic E-state index is 9.80. The Hall–Kier alpha value is -0.980. The standard InChI is InChI=1S/C14H22O.CH4/c1-5-6-7-11-8-9-13(15)12(10-11)14(2,3)4;/h8-10,15H,5-7H2,1-4H3;1H4. The van der Waals surface area contributed by atoms with Crippen molar-refractivity contribution in [3.8, 4) is 5.75 Å². The lowest BCUT2D eigenvalue weighted by Crippen LogP contribution is -2.11. The first kappa shape index (κ1) is 15.0. The van der Waals surface area contributed by atoms with E-state index in [4.69, 9.17) is 0 Å². The molecule has 1 N–H and O–H groups in total. The van der Waals surface area contributed by atoms with Crippen LogP contribution in [0.1, 0.15) is 59.1 Å². The van der Waals surface area contributed by atoms with Gasteiger partial charge in [0.1, 0.15) is 5.75 Å². The fourth-order valence-corrected chi connectivity index (χ4v) is 1.72. The van der Waals surface area contributed by atoms with Gasteiger partial charge in [0.05, 0.1) is 0 Å². The van der Waals surface area contributed by atoms with Crippen molar-refractivity contribution < 1.29 is 5.11 Å². The Labute approximate surface area is 101 Å². The van der Waals surface area contributed by atoms with Crippen LogP contribution in [0.4, 0.5) is 0 Å². The molecule has 0 aliphatic carbocycles. The predicted octanol–water partition coefficient (Wildman–Crippen LogP) is 4.67. The Kier molecular flexibility index (Phi) is 5.57. The van der Waals surface area contributed by atoms with Crippen LogP contribution in [0.2, 0.25) is 0 Å². The van der Waals surface area contributed by atoms with E-state index < -0.39 is 0 Å². The quantitative estimate of drug-likeness (QED) is 0.788. The lowest BCUT2D eigenvalue weighted by atomic mass is 9.85. The van der Waals surface area contributed by atoms with Crippen LogP contribution in [0.5, 0.6) is 5.75 Å². The van der Waals surface area contributed by atoms with Crippen LogP contribution in [-0.4, -0.2) is 5.11 Å². The van der Waals surface area contributed by atoms with E-state index in [1.807, 2.05) is 12.1 Å². The number of unbranched alkanes of at least 4 members (excludes halogenated alkanes) is 1. The van der Waals surface area contributed by atoms with E-state index in [1.165, 1.54) is 18.4 Å². The Morgan fingerprint density at radius 1 is 1.19 bits per heavy atom. The van der Waals surface area contributed by atoms with E-state index in [9.17, 15) is 5.11 Å². The minimum absolute atomic E-state index is 0. The number of aromatic hydroxyl groups is 1. The smallest absolute Gasteiger partial charge is 0.119 e. The van der Waals surface area contributed by atoms with Crippen molar-refractivity contribution in [1.82, 2.24) is 0 Å². The molecule has 16 heavy (non-hydrogen) atoms. The van der Waals surface area contributed by atoms with Gasteiger partial charge in [-0.25, -0.2) is 0 Å². The predicted molar refractivity (Wildman–Crippen MR) is 72.1 cm³/mol. The van der Waals surface area contributed by atoms with E-state index in [0.29, 0.717) is 5.75 Å². The van der Waals surface area contributed by atoms with Crippen LogP contribution in [0, 0.1) is 0 Å². The number of phenolic OH excluding ortho intramolecular Hbond substituents is 1. The molecule has 0 aliphatic heterocycles. The van der Waals surface area contributed by atoms with Gasteiger partial charge in [-0.3, -0.25) is 0 Å². The highest BCUT2D eigenvalue weighted by Crippen LogP contribution is 2.31. The van der Waals surface area contributed by atoms with Crippen molar-refractivity contribution in [2.45, 2.75) is 59.8 Å². The fraction of sp³-hybridized carbons (Fsp3) is 0.600. The van der Waals surface area contributed by atoms with Gasteiger partial charge < -0.3 is 5.11 Å². The van der Waals surface area contributed by atoms with Gasteiger partial charge in [-0.15, -0.1) is 0 Å². The molecular weight excluding hydrogens is 196 g/mol. The largest absolute Gasteiger partial charge is 0.508 e. The molecule has 0 amide bonds. The van der Waals surface area contributed by atoms with Crippen LogP contribution >= 0.6 is 0 Å². The highest BCUT2D eigenvalue weighted by Gasteiger charge is 2.17. The minimum Gasteiger partial charge on any atom is -0.508 e. The molecule has 0 fully saturated rings. The summed E-state index contributed by atoms with van der Waals surface area (Å²) in [7, 11) is 0. The molecule has 0 spiro atoms. The summed E-state index contributed by atoms with van der Waals surface area (Å²) in [5.74, 6) is 0.419. The second-order valence-corrected chi connectivity index (χ2v) is 5.21. The highest BCUT2D eigenvalue weighted by molar-refractivity contribution is 5.40. The van der Waals surface area contributed by atoms with Crippen LogP contribution in [0.3, 0.4) is 0 Å². The Morgan fingerprint density at radius 2 is 1.81 bits per heavy atom. The monoisotopic (exact) mass is 222 g/mol. The zero-order valence-electron chi connectivity index (χ0n) is 10.3. The number of aryl methyl sites for hydroxylation is 1. The lowest BCUT2D eigenvalue weighted by molar-refractivity contribution is 0.446. The van der Waals surface area contributed by atoms with Gasteiger partial charge in [0, 0.05) is 0 Å². The van der Waals surface area contributed by atoms with E-state index in [1.54, 1.807) is 0 Å². The number of hydrogen-bond acceptors (Lipinski definition) is 1. The summed E-state index contributed by atoms with van der Waals surface area (Å²) in [5.41, 5.74) is 2.41. The third kappa shape index (κ3) is 3.88. The molecular formula is C15H26O. The van der Waals surface area contributed by atoms with E-state index in [2.05, 4.69) is 33.8 Å². The zero-order valence-corrected chi connectivity index (χ0v) is 10.3. The van der Waals surface area contributed by atoms with Gasteiger partial charge in [0.2, 0.25) is 0 Å². The molecule has 1 nitrogen and oxygen atoms in total. The van der Waals surface area contributed by atoms with Crippen LogP contribution in [0.15, 0.2) is 18.2 Å². The van der Waals surface area contributed by atoms with Gasteiger partial charge in [0.15, 0.2) is 0 Å². The van der Waals surface area contributed by atoms with Crippen molar-refractivity contribution in [2.75, 3.05) is 0 Å². The maximum atomic E-state index is 9.80. The molecule has 0 saturated heterocycles. The molecule has 1 heteroatoms. The lowest BCUT2D eigenvalue weighted by Gasteiger charge is -2.21. The van der Waals surface area contributed by atoms with Crippen molar-refractivity contribution in [2.24, 2.45) is 0 Å². The SMILES string of the molecule is C.CCCCc1ccc(O)c(C(C)(C)C)c1. The summed E-state index contributed by atoms with van der Waals surface area (Å²) >= 11 is 0. The molecule has 92 valence electrons. The number of phenols is 1. The van der Waals surface area contributed by atoms with Crippen LogP contribution in [-0.2, 0) is 11.8 Å². The average Bonchev–Trinajstić information content (AvgIpc) is 2.15. The molecule has 0 saturated carbocycles. The molecule has 0 bridgehead atoms. The first-order valence-electron chi connectivity index (χ1n) is 5.77. The molecule has 0 atom stereocenters. The summed E-state index contributed by atoms with van der Waals surface area (Å²) in [6.07, 6.45) is 3.54. The minimum atomic E-state index is 0. The van der Waals surface area contributed by atoms with Gasteiger partial charge in [0.25, 0.3) is 0 Å². The highest BCUT2D eigenvalue weighted by atomic mass is 16.3. The van der Waals surface area contributed by atoms with Crippen molar-refractivity contribution in [3.63, 3.8) is 0 Å². The summed E-state index contributed by atoms with van der Waals surface area (Å²) in [5, 5.41) is 9.80. The molecule has 0 radical (unpaired) electrons. The second kappa shape index (κ2) is 5.93. The second-order valence-electron chi connectivity index (χ2n) is 5.21. The summed E-state index contributed by atoms with van der Waals surface area (Å²) < 4.78 is 0. The number of rotatable bonds is 3. The third-order valence-corrected chi connectivity index (χ3v) is 2.69. The summed E-state index contributed by atoms with van der Waals surface area (Å²) in [4.78, 5) is 0. The molecule has 1 rings (SSSR count). The topological polar surface area (TPSA) is 20.2 Å². The molecule has 0 aromatic heterocycles. The van der Waals surface area contributed by atoms with Gasteiger partial charge in [-0.1, -0.05) is 53.7 Å². The van der Waals surface area contributed by atoms with Gasteiger partial charge >= 0.3 is 0 Å². The Morgan fingerprint density at radius 3 is 2.31 bits per heavy atom.